The molecule has 1 aromatic carbocycles. The van der Waals surface area contributed by atoms with E-state index >= 15 is 0 Å². The predicted octanol–water partition coefficient (Wildman–Crippen LogP) is 4.54. The van der Waals surface area contributed by atoms with Gasteiger partial charge in [0.05, 0.1) is 11.5 Å². The van der Waals surface area contributed by atoms with Gasteiger partial charge in [-0.3, -0.25) is 4.99 Å². The van der Waals surface area contributed by atoms with Gasteiger partial charge in [0.2, 0.25) is 0 Å². The molecule has 0 radical (unpaired) electrons. The number of thiocarbonyl (C=S) groups is 1. The van der Waals surface area contributed by atoms with E-state index in [2.05, 4.69) is 37.8 Å². The van der Waals surface area contributed by atoms with E-state index in [1.807, 2.05) is 18.2 Å². The second-order valence-electron chi connectivity index (χ2n) is 6.54. The van der Waals surface area contributed by atoms with Crippen LogP contribution in [0.15, 0.2) is 35.3 Å². The Bertz CT molecular complexity index is 557. The van der Waals surface area contributed by atoms with Gasteiger partial charge in [-0.2, -0.15) is 0 Å². The summed E-state index contributed by atoms with van der Waals surface area (Å²) in [5.41, 5.74) is 1.41. The lowest BCUT2D eigenvalue weighted by atomic mass is 9.95. The molecule has 1 aliphatic heterocycles. The molecule has 0 aromatic heterocycles. The molecule has 1 aromatic rings. The van der Waals surface area contributed by atoms with Crippen molar-refractivity contribution in [2.45, 2.75) is 33.3 Å². The van der Waals surface area contributed by atoms with Crippen LogP contribution >= 0.6 is 24.0 Å². The molecule has 0 amide bonds. The molecule has 1 fully saturated rings. The minimum atomic E-state index is -0.0173. The topological polar surface area (TPSA) is 24.8 Å². The first-order valence-corrected chi connectivity index (χ1v) is 9.41. The summed E-state index contributed by atoms with van der Waals surface area (Å²) >= 11 is 7.36. The van der Waals surface area contributed by atoms with E-state index in [1.54, 1.807) is 18.9 Å². The van der Waals surface area contributed by atoms with E-state index in [9.17, 15) is 0 Å². The van der Waals surface area contributed by atoms with Crippen LogP contribution in [0, 0.1) is 5.41 Å². The van der Waals surface area contributed by atoms with Crippen LogP contribution in [0.3, 0.4) is 0 Å². The van der Waals surface area contributed by atoms with Crippen LogP contribution in [0.25, 0.3) is 0 Å². The van der Waals surface area contributed by atoms with Gasteiger partial charge in [0.15, 0.2) is 5.17 Å². The molecule has 5 heteroatoms. The Morgan fingerprint density at radius 2 is 2.09 bits per heavy atom. The van der Waals surface area contributed by atoms with Crippen molar-refractivity contribution >= 4 is 34.1 Å². The highest BCUT2D eigenvalue weighted by Gasteiger charge is 2.32. The molecule has 1 aliphatic rings. The van der Waals surface area contributed by atoms with Gasteiger partial charge in [-0.1, -0.05) is 75.1 Å². The zero-order valence-corrected chi connectivity index (χ0v) is 16.0. The fourth-order valence-electron chi connectivity index (χ4n) is 2.54. The summed E-state index contributed by atoms with van der Waals surface area (Å²) < 4.78 is 5.62. The van der Waals surface area contributed by atoms with Crippen molar-refractivity contribution in [3.63, 3.8) is 0 Å². The standard InChI is InChI=1S/C18H26N2OS2/c1-5-16(22)20-12-18(2,3)13-23-17(20)19-11-15(21-4)14-9-7-6-8-10-14/h6-10,15H,5,11-13H2,1-4H3. The molecule has 0 spiro atoms. The monoisotopic (exact) mass is 350 g/mol. The van der Waals surface area contributed by atoms with Crippen molar-refractivity contribution in [2.75, 3.05) is 26.0 Å². The Balaban J connectivity index is 2.14. The fourth-order valence-corrected chi connectivity index (χ4v) is 3.86. The summed E-state index contributed by atoms with van der Waals surface area (Å²) in [7, 11) is 1.74. The summed E-state index contributed by atoms with van der Waals surface area (Å²) in [6.07, 6.45) is 0.855. The van der Waals surface area contributed by atoms with Crippen molar-refractivity contribution in [3.8, 4) is 0 Å². The first-order chi connectivity index (χ1) is 11.0. The molecule has 126 valence electrons. The molecular formula is C18H26N2OS2. The third-order valence-corrected chi connectivity index (χ3v) is 5.90. The number of ether oxygens (including phenoxy) is 1. The molecule has 0 saturated carbocycles. The van der Waals surface area contributed by atoms with E-state index in [0.717, 1.165) is 34.4 Å². The van der Waals surface area contributed by atoms with Gasteiger partial charge in [0.25, 0.3) is 0 Å². The minimum absolute atomic E-state index is 0.0173. The normalized spacial score (nSPS) is 20.5. The third-order valence-electron chi connectivity index (χ3n) is 3.86. The molecule has 23 heavy (non-hydrogen) atoms. The molecule has 1 atom stereocenters. The minimum Gasteiger partial charge on any atom is -0.375 e. The predicted molar refractivity (Wildman–Crippen MR) is 104 cm³/mol. The maximum Gasteiger partial charge on any atom is 0.164 e. The van der Waals surface area contributed by atoms with E-state index in [0.29, 0.717) is 6.54 Å². The van der Waals surface area contributed by atoms with Gasteiger partial charge in [-0.25, -0.2) is 0 Å². The van der Waals surface area contributed by atoms with Crippen LogP contribution < -0.4 is 0 Å². The van der Waals surface area contributed by atoms with E-state index in [4.69, 9.17) is 21.9 Å². The Hall–Kier alpha value is -0.910. The largest absolute Gasteiger partial charge is 0.375 e. The molecular weight excluding hydrogens is 324 g/mol. The Morgan fingerprint density at radius 3 is 2.70 bits per heavy atom. The average Bonchev–Trinajstić information content (AvgIpc) is 2.56. The molecule has 0 bridgehead atoms. The number of amidine groups is 1. The van der Waals surface area contributed by atoms with Gasteiger partial charge in [-0.15, -0.1) is 0 Å². The highest BCUT2D eigenvalue weighted by atomic mass is 32.2. The molecule has 2 rings (SSSR count). The Labute approximate surface area is 149 Å². The smallest absolute Gasteiger partial charge is 0.164 e. The Kier molecular flexibility index (Phi) is 6.62. The number of methoxy groups -OCH3 is 1. The van der Waals surface area contributed by atoms with Gasteiger partial charge in [0.1, 0.15) is 6.10 Å². The zero-order chi connectivity index (χ0) is 16.9. The number of nitrogens with zero attached hydrogens (tertiary/aromatic N) is 2. The molecule has 0 N–H and O–H groups in total. The number of rotatable bonds is 5. The maximum atomic E-state index is 5.62. The van der Waals surface area contributed by atoms with Crippen molar-refractivity contribution < 1.29 is 4.74 Å². The molecule has 1 saturated heterocycles. The second kappa shape index (κ2) is 8.27. The Morgan fingerprint density at radius 1 is 1.39 bits per heavy atom. The molecule has 0 aliphatic carbocycles. The number of hydrogen-bond acceptors (Lipinski definition) is 4. The number of benzene rings is 1. The molecule has 3 nitrogen and oxygen atoms in total. The SMILES string of the molecule is CCC(=S)N1CC(C)(C)CSC1=NCC(OC)c1ccccc1. The summed E-state index contributed by atoms with van der Waals surface area (Å²) in [5, 5.41) is 1.04. The maximum absolute atomic E-state index is 5.62. The van der Waals surface area contributed by atoms with Crippen LogP contribution in [-0.2, 0) is 4.74 Å². The number of thioether (sulfide) groups is 1. The first kappa shape index (κ1) is 18.4. The molecule has 1 heterocycles. The summed E-state index contributed by atoms with van der Waals surface area (Å²) in [6.45, 7) is 8.22. The van der Waals surface area contributed by atoms with Gasteiger partial charge < -0.3 is 9.64 Å². The third kappa shape index (κ3) is 5.03. The van der Waals surface area contributed by atoms with Crippen molar-refractivity contribution in [2.24, 2.45) is 10.4 Å². The van der Waals surface area contributed by atoms with Gasteiger partial charge in [-0.05, 0) is 17.4 Å². The summed E-state index contributed by atoms with van der Waals surface area (Å²) in [5.74, 6) is 1.07. The summed E-state index contributed by atoms with van der Waals surface area (Å²) in [6, 6.07) is 10.2. The quantitative estimate of drug-likeness (QED) is 0.728. The number of aliphatic imine (C=N–C) groups is 1. The van der Waals surface area contributed by atoms with E-state index < -0.39 is 0 Å². The molecule has 1 unspecified atom stereocenters. The zero-order valence-electron chi connectivity index (χ0n) is 14.4. The highest BCUT2D eigenvalue weighted by molar-refractivity contribution is 8.14. The second-order valence-corrected chi connectivity index (χ2v) is 7.96. The average molecular weight is 351 g/mol. The van der Waals surface area contributed by atoms with Crippen molar-refractivity contribution in [1.82, 2.24) is 4.90 Å². The van der Waals surface area contributed by atoms with Crippen molar-refractivity contribution in [3.05, 3.63) is 35.9 Å². The van der Waals surface area contributed by atoms with Gasteiger partial charge in [0, 0.05) is 19.4 Å². The van der Waals surface area contributed by atoms with Crippen LogP contribution in [0.4, 0.5) is 0 Å². The lowest BCUT2D eigenvalue weighted by Crippen LogP contribution is -2.46. The highest BCUT2D eigenvalue weighted by Crippen LogP contribution is 2.32. The number of hydrogen-bond donors (Lipinski definition) is 0. The lowest BCUT2D eigenvalue weighted by molar-refractivity contribution is 0.111. The fraction of sp³-hybridized carbons (Fsp3) is 0.556. The van der Waals surface area contributed by atoms with Crippen LogP contribution in [-0.4, -0.2) is 41.0 Å². The van der Waals surface area contributed by atoms with E-state index in [1.165, 1.54) is 0 Å². The van der Waals surface area contributed by atoms with E-state index in [-0.39, 0.29) is 11.5 Å². The van der Waals surface area contributed by atoms with Crippen LogP contribution in [0.1, 0.15) is 38.9 Å². The van der Waals surface area contributed by atoms with Gasteiger partial charge >= 0.3 is 0 Å². The van der Waals surface area contributed by atoms with Crippen LogP contribution in [0.2, 0.25) is 0 Å². The van der Waals surface area contributed by atoms with Crippen LogP contribution in [0.5, 0.6) is 0 Å². The first-order valence-electron chi connectivity index (χ1n) is 8.02. The summed E-state index contributed by atoms with van der Waals surface area (Å²) in [4.78, 5) is 8.02. The lowest BCUT2D eigenvalue weighted by Gasteiger charge is -2.39. The van der Waals surface area contributed by atoms with Crippen molar-refractivity contribution in [1.29, 1.82) is 0 Å².